The lowest BCUT2D eigenvalue weighted by Gasteiger charge is -2.15. The Kier molecular flexibility index (Phi) is 7.46. The van der Waals surface area contributed by atoms with Crippen molar-refractivity contribution in [2.75, 3.05) is 26.2 Å². The molecule has 3 nitrogen and oxygen atoms in total. The van der Waals surface area contributed by atoms with E-state index in [0.717, 1.165) is 44.8 Å². The lowest BCUT2D eigenvalue weighted by Crippen LogP contribution is -2.88. The zero-order valence-corrected chi connectivity index (χ0v) is 11.8. The van der Waals surface area contributed by atoms with Crippen molar-refractivity contribution >= 4 is 0 Å². The molecule has 0 radical (unpaired) electrons. The number of benzene rings is 1. The molecule has 18 heavy (non-hydrogen) atoms. The van der Waals surface area contributed by atoms with Crippen molar-refractivity contribution in [1.82, 2.24) is 0 Å². The van der Waals surface area contributed by atoms with Gasteiger partial charge in [-0.3, -0.25) is 0 Å². The second kappa shape index (κ2) is 8.95. The maximum Gasteiger partial charge on any atom is 0.125 e. The summed E-state index contributed by atoms with van der Waals surface area (Å²) in [5, 5.41) is 2.30. The molecular formula is C15H28N2O+2. The zero-order valence-electron chi connectivity index (χ0n) is 11.8. The minimum atomic E-state index is 0.568. The number of ether oxygens (including phenoxy) is 1. The third kappa shape index (κ3) is 5.07. The summed E-state index contributed by atoms with van der Waals surface area (Å²) >= 11 is 0. The van der Waals surface area contributed by atoms with E-state index >= 15 is 0 Å². The summed E-state index contributed by atoms with van der Waals surface area (Å²) in [6.45, 7) is 8.52. The second-order valence-electron chi connectivity index (χ2n) is 4.77. The number of quaternary nitrogens is 2. The quantitative estimate of drug-likeness (QED) is 0.627. The predicted molar refractivity (Wildman–Crippen MR) is 74.7 cm³/mol. The van der Waals surface area contributed by atoms with Gasteiger partial charge in [0.05, 0.1) is 13.2 Å². The smallest absolute Gasteiger partial charge is 0.125 e. The molecule has 1 aromatic rings. The van der Waals surface area contributed by atoms with Crippen molar-refractivity contribution in [2.45, 2.75) is 32.6 Å². The van der Waals surface area contributed by atoms with Crippen molar-refractivity contribution in [1.29, 1.82) is 0 Å². The highest BCUT2D eigenvalue weighted by atomic mass is 16.5. The van der Waals surface area contributed by atoms with Crippen LogP contribution >= 0.6 is 0 Å². The molecule has 0 aliphatic carbocycles. The van der Waals surface area contributed by atoms with Gasteiger partial charge in [-0.25, -0.2) is 0 Å². The first-order valence-corrected chi connectivity index (χ1v) is 7.12. The molecule has 5 N–H and O–H groups in total. The van der Waals surface area contributed by atoms with Gasteiger partial charge in [0.15, 0.2) is 0 Å². The summed E-state index contributed by atoms with van der Waals surface area (Å²) in [5.41, 5.74) is 5.16. The van der Waals surface area contributed by atoms with E-state index in [1.165, 1.54) is 5.56 Å². The average molecular weight is 252 g/mol. The zero-order chi connectivity index (χ0) is 13.2. The van der Waals surface area contributed by atoms with E-state index in [-0.39, 0.29) is 0 Å². The molecule has 1 aromatic carbocycles. The van der Waals surface area contributed by atoms with Crippen LogP contribution in [0, 0.1) is 0 Å². The summed E-state index contributed by atoms with van der Waals surface area (Å²) < 4.78 is 5.90. The lowest BCUT2D eigenvalue weighted by molar-refractivity contribution is -0.670. The second-order valence-corrected chi connectivity index (χ2v) is 4.77. The van der Waals surface area contributed by atoms with Crippen LogP contribution in [0.5, 0.6) is 5.75 Å². The van der Waals surface area contributed by atoms with Crippen LogP contribution in [0.2, 0.25) is 0 Å². The molecule has 0 unspecified atom stereocenters. The number of nitrogens with two attached hydrogens (primary N) is 1. The molecule has 0 saturated carbocycles. The number of hydrogen-bond acceptors (Lipinski definition) is 1. The van der Waals surface area contributed by atoms with Crippen LogP contribution in [0.3, 0.4) is 0 Å². The van der Waals surface area contributed by atoms with Crippen molar-refractivity contribution < 1.29 is 15.8 Å². The fourth-order valence-electron chi connectivity index (χ4n) is 1.94. The van der Waals surface area contributed by atoms with Crippen LogP contribution in [-0.4, -0.2) is 26.2 Å². The molecule has 0 aromatic heterocycles. The van der Waals surface area contributed by atoms with Crippen LogP contribution in [0.25, 0.3) is 0 Å². The van der Waals surface area contributed by atoms with E-state index in [9.17, 15) is 0 Å². The van der Waals surface area contributed by atoms with Gasteiger partial charge in [-0.2, -0.15) is 0 Å². The normalized spacial score (nSPS) is 12.4. The molecule has 0 saturated heterocycles. The number of hydrogen-bond donors (Lipinski definition) is 2. The van der Waals surface area contributed by atoms with Gasteiger partial charge < -0.3 is 15.8 Å². The Morgan fingerprint density at radius 3 is 2.78 bits per heavy atom. The Morgan fingerprint density at radius 2 is 2.06 bits per heavy atom. The summed E-state index contributed by atoms with van der Waals surface area (Å²) in [4.78, 5) is 0. The summed E-state index contributed by atoms with van der Waals surface area (Å²) in [7, 11) is 0. The fourth-order valence-corrected chi connectivity index (χ4v) is 1.94. The van der Waals surface area contributed by atoms with Crippen molar-refractivity contribution in [2.24, 2.45) is 0 Å². The third-order valence-electron chi connectivity index (χ3n) is 3.28. The molecular weight excluding hydrogens is 224 g/mol. The topological polar surface area (TPSA) is 53.5 Å². The molecule has 0 aliphatic heterocycles. The van der Waals surface area contributed by atoms with Gasteiger partial charge in [0.2, 0.25) is 0 Å². The molecule has 0 aliphatic rings. The van der Waals surface area contributed by atoms with Crippen molar-refractivity contribution in [3.05, 3.63) is 29.8 Å². The van der Waals surface area contributed by atoms with Crippen LogP contribution < -0.4 is 15.8 Å². The molecule has 3 heteroatoms. The number of rotatable bonds is 9. The van der Waals surface area contributed by atoms with E-state index < -0.39 is 0 Å². The Morgan fingerprint density at radius 1 is 1.28 bits per heavy atom. The van der Waals surface area contributed by atoms with E-state index in [4.69, 9.17) is 4.74 Å². The maximum absolute atomic E-state index is 5.90. The molecule has 1 atom stereocenters. The molecule has 1 rings (SSSR count). The summed E-state index contributed by atoms with van der Waals surface area (Å²) in [6, 6.07) is 8.41. The van der Waals surface area contributed by atoms with Crippen molar-refractivity contribution in [3.63, 3.8) is 0 Å². The Labute approximate surface area is 111 Å². The lowest BCUT2D eigenvalue weighted by atomic mass is 9.98. The van der Waals surface area contributed by atoms with Gasteiger partial charge in [-0.1, -0.05) is 32.0 Å². The molecule has 0 bridgehead atoms. The largest absolute Gasteiger partial charge is 0.493 e. The van der Waals surface area contributed by atoms with Crippen molar-refractivity contribution in [3.8, 4) is 5.75 Å². The monoisotopic (exact) mass is 252 g/mol. The molecule has 0 fully saturated rings. The standard InChI is InChI=1S/C15H26N2O/c1-3-13(2)14-7-4-5-8-15(14)18-12-6-10-17-11-9-16/h4-5,7-8,13,17H,3,6,9-12,16H2,1-2H3/p+2/t13-/m0/s1. The molecule has 102 valence electrons. The highest BCUT2D eigenvalue weighted by Crippen LogP contribution is 2.28. The predicted octanol–water partition coefficient (Wildman–Crippen LogP) is 0.774. The summed E-state index contributed by atoms with van der Waals surface area (Å²) in [5.74, 6) is 1.63. The minimum Gasteiger partial charge on any atom is -0.493 e. The minimum absolute atomic E-state index is 0.568. The van der Waals surface area contributed by atoms with Gasteiger partial charge in [-0.05, 0) is 24.0 Å². The van der Waals surface area contributed by atoms with Crippen LogP contribution in [0.4, 0.5) is 0 Å². The SMILES string of the molecule is CC[C@H](C)c1ccccc1OCCC[NH2+]CC[NH3+]. The van der Waals surface area contributed by atoms with Gasteiger partial charge in [0, 0.05) is 6.42 Å². The van der Waals surface area contributed by atoms with E-state index in [2.05, 4.69) is 49.2 Å². The first kappa shape index (κ1) is 15.0. The average Bonchev–Trinajstić information content (AvgIpc) is 2.42. The molecule has 0 amide bonds. The van der Waals surface area contributed by atoms with Gasteiger partial charge in [0.25, 0.3) is 0 Å². The van der Waals surface area contributed by atoms with Gasteiger partial charge >= 0.3 is 0 Å². The Bertz CT molecular complexity index is 328. The first-order valence-electron chi connectivity index (χ1n) is 7.12. The Balaban J connectivity index is 2.37. The van der Waals surface area contributed by atoms with Gasteiger partial charge in [0.1, 0.15) is 18.8 Å². The highest BCUT2D eigenvalue weighted by Gasteiger charge is 2.09. The maximum atomic E-state index is 5.90. The van der Waals surface area contributed by atoms with Crippen LogP contribution in [0.1, 0.15) is 38.2 Å². The first-order chi connectivity index (χ1) is 8.79. The van der Waals surface area contributed by atoms with E-state index in [1.54, 1.807) is 0 Å². The molecule has 0 spiro atoms. The van der Waals surface area contributed by atoms with E-state index in [1.807, 2.05) is 0 Å². The summed E-state index contributed by atoms with van der Waals surface area (Å²) in [6.07, 6.45) is 2.24. The molecule has 0 heterocycles. The number of para-hydroxylation sites is 1. The van der Waals surface area contributed by atoms with Gasteiger partial charge in [-0.15, -0.1) is 0 Å². The Hall–Kier alpha value is -1.06. The van der Waals surface area contributed by atoms with Crippen LogP contribution in [-0.2, 0) is 0 Å². The van der Waals surface area contributed by atoms with E-state index in [0.29, 0.717) is 5.92 Å². The third-order valence-corrected chi connectivity index (χ3v) is 3.28. The van der Waals surface area contributed by atoms with Crippen LogP contribution in [0.15, 0.2) is 24.3 Å². The fraction of sp³-hybridized carbons (Fsp3) is 0.600. The highest BCUT2D eigenvalue weighted by molar-refractivity contribution is 5.35.